The van der Waals surface area contributed by atoms with Crippen LogP contribution in [0.5, 0.6) is 17.2 Å². The van der Waals surface area contributed by atoms with E-state index in [1.165, 1.54) is 38.7 Å². The van der Waals surface area contributed by atoms with E-state index in [1.807, 2.05) is 0 Å². The molecule has 28 heavy (non-hydrogen) atoms. The van der Waals surface area contributed by atoms with Crippen LogP contribution >= 0.6 is 0 Å². The molecule has 8 nitrogen and oxygen atoms in total. The van der Waals surface area contributed by atoms with E-state index in [-0.39, 0.29) is 35.6 Å². The highest BCUT2D eigenvalue weighted by Gasteiger charge is 2.42. The molecule has 1 aromatic rings. The number of rotatable bonds is 6. The molecule has 8 heteroatoms. The second kappa shape index (κ2) is 8.08. The third-order valence-corrected chi connectivity index (χ3v) is 5.58. The Morgan fingerprint density at radius 3 is 2.29 bits per heavy atom. The van der Waals surface area contributed by atoms with Crippen molar-refractivity contribution in [1.29, 1.82) is 0 Å². The van der Waals surface area contributed by atoms with Gasteiger partial charge in [-0.1, -0.05) is 19.3 Å². The van der Waals surface area contributed by atoms with Gasteiger partial charge < -0.3 is 19.1 Å². The number of anilines is 1. The molecular weight excluding hydrogens is 364 g/mol. The molecular formula is C20H26N2O6. The van der Waals surface area contributed by atoms with E-state index in [9.17, 15) is 14.4 Å². The first-order valence-electron chi connectivity index (χ1n) is 9.39. The van der Waals surface area contributed by atoms with Crippen LogP contribution in [0.1, 0.15) is 42.5 Å². The molecule has 2 amide bonds. The lowest BCUT2D eigenvalue weighted by molar-refractivity contribution is -0.132. The van der Waals surface area contributed by atoms with Crippen molar-refractivity contribution in [1.82, 2.24) is 4.90 Å². The van der Waals surface area contributed by atoms with Crippen molar-refractivity contribution in [3.8, 4) is 17.2 Å². The Bertz CT molecular complexity index is 800. The van der Waals surface area contributed by atoms with Crippen LogP contribution in [0.15, 0.2) is 6.07 Å². The molecule has 1 saturated carbocycles. The summed E-state index contributed by atoms with van der Waals surface area (Å²) in [5, 5.41) is 0. The predicted octanol–water partition coefficient (Wildman–Crippen LogP) is 2.03. The highest BCUT2D eigenvalue weighted by atomic mass is 16.5. The molecule has 0 saturated heterocycles. The van der Waals surface area contributed by atoms with Crippen LogP contribution in [0.4, 0.5) is 5.69 Å². The lowest BCUT2D eigenvalue weighted by atomic mass is 9.94. The monoisotopic (exact) mass is 390 g/mol. The summed E-state index contributed by atoms with van der Waals surface area (Å²) in [6.07, 6.45) is 5.31. The Labute approximate surface area is 164 Å². The molecule has 0 unspecified atom stereocenters. The molecule has 2 aliphatic rings. The highest BCUT2D eigenvalue weighted by molar-refractivity contribution is 6.53. The van der Waals surface area contributed by atoms with Gasteiger partial charge in [-0.2, -0.15) is 0 Å². The fraction of sp³-hybridized carbons (Fsp3) is 0.550. The van der Waals surface area contributed by atoms with E-state index in [0.717, 1.165) is 25.7 Å². The molecule has 0 bridgehead atoms. The smallest absolute Gasteiger partial charge is 0.300 e. The second-order valence-electron chi connectivity index (χ2n) is 7.06. The van der Waals surface area contributed by atoms with Crippen LogP contribution in [-0.2, 0) is 9.59 Å². The number of fused-ring (bicyclic) bond motifs is 1. The molecule has 1 aromatic carbocycles. The molecule has 1 fully saturated rings. The minimum atomic E-state index is -0.756. The SMILES string of the molecule is COc1cc2c(c(OC)c1OC)C(=O)C(=O)N2CC(=O)N(C)C1CCCCC1. The molecule has 0 radical (unpaired) electrons. The van der Waals surface area contributed by atoms with E-state index >= 15 is 0 Å². The van der Waals surface area contributed by atoms with Crippen molar-refractivity contribution in [2.24, 2.45) is 0 Å². The minimum absolute atomic E-state index is 0.0956. The van der Waals surface area contributed by atoms with E-state index in [2.05, 4.69) is 0 Å². The fourth-order valence-electron chi connectivity index (χ4n) is 3.99. The Morgan fingerprint density at radius 1 is 1.07 bits per heavy atom. The van der Waals surface area contributed by atoms with Crippen LogP contribution in [0, 0.1) is 0 Å². The summed E-state index contributed by atoms with van der Waals surface area (Å²) >= 11 is 0. The number of nitrogens with zero attached hydrogens (tertiary/aromatic N) is 2. The van der Waals surface area contributed by atoms with Gasteiger partial charge in [0.2, 0.25) is 11.7 Å². The van der Waals surface area contributed by atoms with E-state index in [0.29, 0.717) is 11.4 Å². The van der Waals surface area contributed by atoms with Gasteiger partial charge >= 0.3 is 0 Å². The van der Waals surface area contributed by atoms with Crippen molar-refractivity contribution in [3.63, 3.8) is 0 Å². The second-order valence-corrected chi connectivity index (χ2v) is 7.06. The van der Waals surface area contributed by atoms with E-state index in [4.69, 9.17) is 14.2 Å². The topological polar surface area (TPSA) is 85.4 Å². The number of Topliss-reactive ketones (excluding diaryl/α,β-unsaturated/α-hetero) is 1. The normalized spacial score (nSPS) is 16.8. The summed E-state index contributed by atoms with van der Waals surface area (Å²) in [6.45, 7) is -0.205. The van der Waals surface area contributed by atoms with Gasteiger partial charge in [-0.25, -0.2) is 0 Å². The fourth-order valence-corrected chi connectivity index (χ4v) is 3.99. The van der Waals surface area contributed by atoms with Gasteiger partial charge in [0.05, 0.1) is 32.6 Å². The van der Waals surface area contributed by atoms with Crippen LogP contribution in [0.25, 0.3) is 0 Å². The lowest BCUT2D eigenvalue weighted by Gasteiger charge is -2.32. The number of hydrogen-bond acceptors (Lipinski definition) is 6. The van der Waals surface area contributed by atoms with E-state index in [1.54, 1.807) is 11.9 Å². The summed E-state index contributed by atoms with van der Waals surface area (Å²) in [6, 6.07) is 1.71. The van der Waals surface area contributed by atoms with E-state index < -0.39 is 11.7 Å². The summed E-state index contributed by atoms with van der Waals surface area (Å²) in [5.41, 5.74) is 0.396. The number of methoxy groups -OCH3 is 3. The lowest BCUT2D eigenvalue weighted by Crippen LogP contribution is -2.45. The zero-order chi connectivity index (χ0) is 20.4. The van der Waals surface area contributed by atoms with Gasteiger partial charge in [-0.05, 0) is 12.8 Å². The zero-order valence-corrected chi connectivity index (χ0v) is 16.7. The van der Waals surface area contributed by atoms with Crippen molar-refractivity contribution < 1.29 is 28.6 Å². The Balaban J connectivity index is 1.93. The number of carbonyl (C=O) groups excluding carboxylic acids is 3. The third-order valence-electron chi connectivity index (χ3n) is 5.58. The molecule has 0 aromatic heterocycles. The maximum Gasteiger partial charge on any atom is 0.300 e. The van der Waals surface area contributed by atoms with Crippen LogP contribution in [-0.4, -0.2) is 63.5 Å². The molecule has 0 N–H and O–H groups in total. The molecule has 1 aliphatic heterocycles. The van der Waals surface area contributed by atoms with Gasteiger partial charge in [0.15, 0.2) is 11.5 Å². The first-order chi connectivity index (χ1) is 13.4. The number of benzene rings is 1. The van der Waals surface area contributed by atoms with Gasteiger partial charge in [0.1, 0.15) is 6.54 Å². The molecule has 3 rings (SSSR count). The summed E-state index contributed by atoms with van der Waals surface area (Å²) in [7, 11) is 6.03. The summed E-state index contributed by atoms with van der Waals surface area (Å²) in [5.74, 6) is -0.994. The average molecular weight is 390 g/mol. The van der Waals surface area contributed by atoms with Crippen molar-refractivity contribution in [3.05, 3.63) is 11.6 Å². The quantitative estimate of drug-likeness (QED) is 0.691. The largest absolute Gasteiger partial charge is 0.493 e. The zero-order valence-electron chi connectivity index (χ0n) is 16.7. The van der Waals surface area contributed by atoms with Gasteiger partial charge in [-0.15, -0.1) is 0 Å². The van der Waals surface area contributed by atoms with Gasteiger partial charge in [0, 0.05) is 19.2 Å². The van der Waals surface area contributed by atoms with Gasteiger partial charge in [-0.3, -0.25) is 19.3 Å². The molecule has 152 valence electrons. The van der Waals surface area contributed by atoms with Gasteiger partial charge in [0.25, 0.3) is 11.7 Å². The number of ketones is 1. The average Bonchev–Trinajstić information content (AvgIpc) is 2.96. The molecule has 0 spiro atoms. The number of ether oxygens (including phenoxy) is 3. The molecule has 0 atom stereocenters. The van der Waals surface area contributed by atoms with Crippen LogP contribution in [0.2, 0.25) is 0 Å². The maximum absolute atomic E-state index is 12.8. The number of hydrogen-bond donors (Lipinski definition) is 0. The summed E-state index contributed by atoms with van der Waals surface area (Å²) < 4.78 is 16.0. The van der Waals surface area contributed by atoms with Crippen molar-refractivity contribution in [2.75, 3.05) is 39.8 Å². The first-order valence-corrected chi connectivity index (χ1v) is 9.39. The predicted molar refractivity (Wildman–Crippen MR) is 102 cm³/mol. The first kappa shape index (κ1) is 20.0. The Kier molecular flexibility index (Phi) is 5.76. The molecule has 1 aliphatic carbocycles. The molecule has 1 heterocycles. The number of likely N-dealkylation sites (N-methyl/N-ethyl adjacent to an activating group) is 1. The van der Waals surface area contributed by atoms with Crippen LogP contribution < -0.4 is 19.1 Å². The highest BCUT2D eigenvalue weighted by Crippen LogP contribution is 2.48. The maximum atomic E-state index is 12.8. The van der Waals surface area contributed by atoms with Crippen molar-refractivity contribution in [2.45, 2.75) is 38.1 Å². The Morgan fingerprint density at radius 2 is 1.71 bits per heavy atom. The van der Waals surface area contributed by atoms with Crippen molar-refractivity contribution >= 4 is 23.3 Å². The third kappa shape index (κ3) is 3.27. The minimum Gasteiger partial charge on any atom is -0.493 e. The standard InChI is InChI=1S/C20H26N2O6/c1-21(12-8-6-5-7-9-12)15(23)11-22-13-10-14(26-2)18(27-3)19(28-4)16(13)17(24)20(22)25/h10,12H,5-9,11H2,1-4H3. The van der Waals surface area contributed by atoms with Crippen LogP contribution in [0.3, 0.4) is 0 Å². The number of amides is 2. The number of carbonyl (C=O) groups is 3. The Hall–Kier alpha value is -2.77. The summed E-state index contributed by atoms with van der Waals surface area (Å²) in [4.78, 5) is 41.0.